The SMILES string of the molecule is O=Cc1c(F)cccc1S(=O)(=O)c1ccccc1Br. The Kier molecular flexibility index (Phi) is 3.82. The van der Waals surface area contributed by atoms with E-state index in [0.717, 1.165) is 6.07 Å². The van der Waals surface area contributed by atoms with E-state index in [2.05, 4.69) is 15.9 Å². The lowest BCUT2D eigenvalue weighted by Crippen LogP contribution is -2.07. The monoisotopic (exact) mass is 342 g/mol. The first-order valence-corrected chi connectivity index (χ1v) is 7.49. The summed E-state index contributed by atoms with van der Waals surface area (Å²) in [6, 6.07) is 9.68. The molecule has 0 amide bonds. The van der Waals surface area contributed by atoms with Crippen LogP contribution in [-0.4, -0.2) is 14.7 Å². The molecule has 6 heteroatoms. The topological polar surface area (TPSA) is 51.2 Å². The van der Waals surface area contributed by atoms with Crippen molar-refractivity contribution in [2.24, 2.45) is 0 Å². The van der Waals surface area contributed by atoms with E-state index >= 15 is 0 Å². The van der Waals surface area contributed by atoms with Crippen LogP contribution in [0.3, 0.4) is 0 Å². The van der Waals surface area contributed by atoms with E-state index in [1.807, 2.05) is 0 Å². The molecule has 19 heavy (non-hydrogen) atoms. The highest BCUT2D eigenvalue weighted by Crippen LogP contribution is 2.29. The number of hydrogen-bond donors (Lipinski definition) is 0. The number of aldehydes is 1. The molecule has 0 N–H and O–H groups in total. The molecule has 2 aromatic carbocycles. The second-order valence-electron chi connectivity index (χ2n) is 3.70. The third kappa shape index (κ3) is 2.46. The van der Waals surface area contributed by atoms with Crippen molar-refractivity contribution in [3.8, 4) is 0 Å². The standard InChI is InChI=1S/C13H8BrFO3S/c14-10-4-1-2-6-13(10)19(17,18)12-7-3-5-11(15)9(12)8-16/h1-8H. The van der Waals surface area contributed by atoms with Gasteiger partial charge >= 0.3 is 0 Å². The number of benzene rings is 2. The zero-order valence-corrected chi connectivity index (χ0v) is 11.9. The third-order valence-corrected chi connectivity index (χ3v) is 5.37. The summed E-state index contributed by atoms with van der Waals surface area (Å²) in [5, 5.41) is 0. The molecule has 0 bridgehead atoms. The summed E-state index contributed by atoms with van der Waals surface area (Å²) in [5.41, 5.74) is -0.460. The Labute approximate surface area is 118 Å². The van der Waals surface area contributed by atoms with Gasteiger partial charge in [0.1, 0.15) is 5.82 Å². The summed E-state index contributed by atoms with van der Waals surface area (Å²) in [6.07, 6.45) is 0.207. The molecule has 2 rings (SSSR count). The van der Waals surface area contributed by atoms with Crippen molar-refractivity contribution < 1.29 is 17.6 Å². The number of halogens is 2. The van der Waals surface area contributed by atoms with Gasteiger partial charge < -0.3 is 0 Å². The minimum Gasteiger partial charge on any atom is -0.298 e. The minimum atomic E-state index is -3.95. The Bertz CT molecular complexity index is 741. The molecule has 98 valence electrons. The molecule has 0 aliphatic carbocycles. The highest BCUT2D eigenvalue weighted by atomic mass is 79.9. The van der Waals surface area contributed by atoms with Crippen LogP contribution in [0.15, 0.2) is 56.7 Å². The number of rotatable bonds is 3. The Morgan fingerprint density at radius 2 is 1.63 bits per heavy atom. The van der Waals surface area contributed by atoms with Gasteiger partial charge in [-0.15, -0.1) is 0 Å². The van der Waals surface area contributed by atoms with Crippen LogP contribution in [0.25, 0.3) is 0 Å². The molecule has 0 spiro atoms. The van der Waals surface area contributed by atoms with E-state index in [1.165, 1.54) is 18.2 Å². The fourth-order valence-electron chi connectivity index (χ4n) is 1.65. The molecule has 2 aromatic rings. The second-order valence-corrected chi connectivity index (χ2v) is 6.44. The van der Waals surface area contributed by atoms with Gasteiger partial charge in [0.2, 0.25) is 9.84 Å². The summed E-state index contributed by atoms with van der Waals surface area (Å²) in [4.78, 5) is 10.5. The van der Waals surface area contributed by atoms with Crippen LogP contribution in [0, 0.1) is 5.82 Å². The van der Waals surface area contributed by atoms with Crippen molar-refractivity contribution in [1.29, 1.82) is 0 Å². The molecule has 0 aliphatic rings. The predicted molar refractivity (Wildman–Crippen MR) is 71.4 cm³/mol. The lowest BCUT2D eigenvalue weighted by Gasteiger charge is -2.09. The predicted octanol–water partition coefficient (Wildman–Crippen LogP) is 3.23. The van der Waals surface area contributed by atoms with Gasteiger partial charge in [0.15, 0.2) is 6.29 Å². The van der Waals surface area contributed by atoms with Crippen LogP contribution in [0.1, 0.15) is 10.4 Å². The lowest BCUT2D eigenvalue weighted by molar-refractivity contribution is 0.111. The van der Waals surface area contributed by atoms with E-state index in [1.54, 1.807) is 18.2 Å². The number of hydrogen-bond acceptors (Lipinski definition) is 3. The average molecular weight is 343 g/mol. The molecule has 0 saturated carbocycles. The van der Waals surface area contributed by atoms with Crippen LogP contribution in [-0.2, 0) is 9.84 Å². The zero-order chi connectivity index (χ0) is 14.0. The van der Waals surface area contributed by atoms with Crippen molar-refractivity contribution >= 4 is 32.1 Å². The van der Waals surface area contributed by atoms with Crippen molar-refractivity contribution in [3.05, 3.63) is 58.3 Å². The molecular formula is C13H8BrFO3S. The molecule has 0 radical (unpaired) electrons. The van der Waals surface area contributed by atoms with Crippen molar-refractivity contribution in [2.75, 3.05) is 0 Å². The second kappa shape index (κ2) is 5.22. The van der Waals surface area contributed by atoms with Gasteiger partial charge in [0.05, 0.1) is 15.4 Å². The van der Waals surface area contributed by atoms with E-state index in [9.17, 15) is 17.6 Å². The van der Waals surface area contributed by atoms with E-state index in [0.29, 0.717) is 4.47 Å². The summed E-state index contributed by atoms with van der Waals surface area (Å²) in [5.74, 6) is -0.858. The lowest BCUT2D eigenvalue weighted by atomic mass is 10.2. The molecule has 0 atom stereocenters. The molecule has 0 unspecified atom stereocenters. The van der Waals surface area contributed by atoms with Crippen LogP contribution in [0.5, 0.6) is 0 Å². The van der Waals surface area contributed by atoms with Crippen LogP contribution in [0.2, 0.25) is 0 Å². The van der Waals surface area contributed by atoms with Crippen LogP contribution >= 0.6 is 15.9 Å². The maximum absolute atomic E-state index is 13.5. The highest BCUT2D eigenvalue weighted by molar-refractivity contribution is 9.10. The van der Waals surface area contributed by atoms with Gasteiger partial charge in [-0.3, -0.25) is 4.79 Å². The summed E-state index contributed by atoms with van der Waals surface area (Å²) < 4.78 is 38.7. The van der Waals surface area contributed by atoms with Crippen LogP contribution in [0.4, 0.5) is 4.39 Å². The van der Waals surface area contributed by atoms with E-state index in [4.69, 9.17) is 0 Å². The first-order valence-electron chi connectivity index (χ1n) is 5.22. The van der Waals surface area contributed by atoms with Crippen molar-refractivity contribution in [1.82, 2.24) is 0 Å². The fourth-order valence-corrected chi connectivity index (χ4v) is 4.08. The molecule has 0 saturated heterocycles. The highest BCUT2D eigenvalue weighted by Gasteiger charge is 2.24. The third-order valence-electron chi connectivity index (χ3n) is 2.55. The van der Waals surface area contributed by atoms with E-state index in [-0.39, 0.29) is 16.1 Å². The Morgan fingerprint density at radius 1 is 1.00 bits per heavy atom. The van der Waals surface area contributed by atoms with Gasteiger partial charge in [-0.1, -0.05) is 18.2 Å². The largest absolute Gasteiger partial charge is 0.298 e. The normalized spacial score (nSPS) is 11.3. The quantitative estimate of drug-likeness (QED) is 0.804. The summed E-state index contributed by atoms with van der Waals surface area (Å²) in [6.45, 7) is 0. The molecule has 0 fully saturated rings. The van der Waals surface area contributed by atoms with Gasteiger partial charge in [0, 0.05) is 4.47 Å². The van der Waals surface area contributed by atoms with Crippen molar-refractivity contribution in [3.63, 3.8) is 0 Å². The smallest absolute Gasteiger partial charge is 0.208 e. The minimum absolute atomic E-state index is 0.0105. The Balaban J connectivity index is 2.75. The Hall–Kier alpha value is -1.53. The number of carbonyl (C=O) groups excluding carboxylic acids is 1. The summed E-state index contributed by atoms with van der Waals surface area (Å²) >= 11 is 3.13. The van der Waals surface area contributed by atoms with Gasteiger partial charge in [-0.25, -0.2) is 12.8 Å². The van der Waals surface area contributed by atoms with E-state index < -0.39 is 21.2 Å². The van der Waals surface area contributed by atoms with Gasteiger partial charge in [0.25, 0.3) is 0 Å². The van der Waals surface area contributed by atoms with Crippen LogP contribution < -0.4 is 0 Å². The number of carbonyl (C=O) groups is 1. The average Bonchev–Trinajstić information content (AvgIpc) is 2.38. The molecule has 3 nitrogen and oxygen atoms in total. The first-order chi connectivity index (χ1) is 8.98. The fraction of sp³-hybridized carbons (Fsp3) is 0. The van der Waals surface area contributed by atoms with Gasteiger partial charge in [-0.2, -0.15) is 0 Å². The molecular weight excluding hydrogens is 335 g/mol. The maximum Gasteiger partial charge on any atom is 0.208 e. The molecule has 0 heterocycles. The molecule has 0 aromatic heterocycles. The first kappa shape index (κ1) is 13.9. The number of sulfone groups is 1. The van der Waals surface area contributed by atoms with Crippen molar-refractivity contribution in [2.45, 2.75) is 9.79 Å². The summed E-state index contributed by atoms with van der Waals surface area (Å²) in [7, 11) is -3.95. The maximum atomic E-state index is 13.5. The molecule has 0 aliphatic heterocycles. The Morgan fingerprint density at radius 3 is 2.26 bits per heavy atom. The zero-order valence-electron chi connectivity index (χ0n) is 9.51. The van der Waals surface area contributed by atoms with Gasteiger partial charge in [-0.05, 0) is 40.2 Å².